The second-order valence-electron chi connectivity index (χ2n) is 4.41. The molecule has 2 aromatic carbocycles. The molecule has 0 amide bonds. The molecule has 0 bridgehead atoms. The third-order valence-corrected chi connectivity index (χ3v) is 2.92. The summed E-state index contributed by atoms with van der Waals surface area (Å²) >= 11 is 0. The molecule has 2 aromatic rings. The van der Waals surface area contributed by atoms with Crippen molar-refractivity contribution in [3.63, 3.8) is 0 Å². The molecule has 0 saturated carbocycles. The second-order valence-corrected chi connectivity index (χ2v) is 4.41. The minimum absolute atomic E-state index is 0.0533. The van der Waals surface area contributed by atoms with E-state index >= 15 is 0 Å². The van der Waals surface area contributed by atoms with E-state index in [1.807, 2.05) is 55.5 Å². The zero-order chi connectivity index (χ0) is 14.2. The summed E-state index contributed by atoms with van der Waals surface area (Å²) in [6, 6.07) is 18.9. The Morgan fingerprint density at radius 1 is 1.00 bits per heavy atom. The number of hydrogen-bond acceptors (Lipinski definition) is 3. The van der Waals surface area contributed by atoms with Gasteiger partial charge in [-0.15, -0.1) is 0 Å². The maximum absolute atomic E-state index is 11.7. The Morgan fingerprint density at radius 3 is 2.20 bits per heavy atom. The van der Waals surface area contributed by atoms with Gasteiger partial charge < -0.3 is 9.47 Å². The number of para-hydroxylation sites is 1. The van der Waals surface area contributed by atoms with E-state index in [4.69, 9.17) is 9.47 Å². The lowest BCUT2D eigenvalue weighted by Crippen LogP contribution is -2.17. The van der Waals surface area contributed by atoms with Crippen LogP contribution < -0.4 is 4.74 Å². The van der Waals surface area contributed by atoms with Gasteiger partial charge in [-0.05, 0) is 24.1 Å². The van der Waals surface area contributed by atoms with E-state index in [9.17, 15) is 4.79 Å². The Kier molecular flexibility index (Phi) is 5.33. The summed E-state index contributed by atoms with van der Waals surface area (Å²) in [4.78, 5) is 11.7. The molecule has 0 aliphatic rings. The second kappa shape index (κ2) is 7.46. The predicted octanol–water partition coefficient (Wildman–Crippen LogP) is 3.76. The number of hydrogen-bond donors (Lipinski definition) is 0. The van der Waals surface area contributed by atoms with Crippen molar-refractivity contribution < 1.29 is 14.3 Å². The fourth-order valence-electron chi connectivity index (χ4n) is 1.94. The van der Waals surface area contributed by atoms with Crippen LogP contribution in [0.3, 0.4) is 0 Å². The summed E-state index contributed by atoms with van der Waals surface area (Å²) in [6.07, 6.45) is 0.724. The summed E-state index contributed by atoms with van der Waals surface area (Å²) in [5.74, 6) is 0.152. The van der Waals surface area contributed by atoms with Crippen LogP contribution >= 0.6 is 0 Å². The molecule has 3 heteroatoms. The number of benzene rings is 2. The van der Waals surface area contributed by atoms with Gasteiger partial charge in [-0.3, -0.25) is 0 Å². The highest BCUT2D eigenvalue weighted by molar-refractivity contribution is 5.73. The lowest BCUT2D eigenvalue weighted by molar-refractivity contribution is -0.141. The first-order valence-electron chi connectivity index (χ1n) is 6.72. The molecule has 1 unspecified atom stereocenters. The Balaban J connectivity index is 1.86. The molecule has 20 heavy (non-hydrogen) atoms. The van der Waals surface area contributed by atoms with Crippen LogP contribution in [0.4, 0.5) is 0 Å². The van der Waals surface area contributed by atoms with Crippen molar-refractivity contribution in [1.29, 1.82) is 0 Å². The van der Waals surface area contributed by atoms with Crippen LogP contribution in [0.2, 0.25) is 0 Å². The van der Waals surface area contributed by atoms with E-state index < -0.39 is 0 Å². The number of esters is 1. The van der Waals surface area contributed by atoms with E-state index in [0.717, 1.165) is 12.0 Å². The molecular weight excluding hydrogens is 252 g/mol. The SMILES string of the molecule is CCC(OCC(=O)Oc1ccccc1)c1ccccc1. The zero-order valence-corrected chi connectivity index (χ0v) is 11.5. The highest BCUT2D eigenvalue weighted by atomic mass is 16.6. The lowest BCUT2D eigenvalue weighted by Gasteiger charge is -2.15. The quantitative estimate of drug-likeness (QED) is 0.592. The van der Waals surface area contributed by atoms with Gasteiger partial charge in [0.1, 0.15) is 12.4 Å². The van der Waals surface area contributed by atoms with Gasteiger partial charge in [0.05, 0.1) is 6.10 Å². The molecule has 1 atom stereocenters. The first kappa shape index (κ1) is 14.3. The van der Waals surface area contributed by atoms with Crippen molar-refractivity contribution >= 4 is 5.97 Å². The van der Waals surface area contributed by atoms with Crippen molar-refractivity contribution in [1.82, 2.24) is 0 Å². The van der Waals surface area contributed by atoms with Crippen LogP contribution in [-0.4, -0.2) is 12.6 Å². The van der Waals surface area contributed by atoms with Gasteiger partial charge in [-0.2, -0.15) is 0 Å². The largest absolute Gasteiger partial charge is 0.425 e. The molecule has 104 valence electrons. The lowest BCUT2D eigenvalue weighted by atomic mass is 10.1. The number of rotatable bonds is 6. The molecule has 0 fully saturated rings. The molecule has 0 spiro atoms. The van der Waals surface area contributed by atoms with Crippen LogP contribution in [0.5, 0.6) is 5.75 Å². The third-order valence-electron chi connectivity index (χ3n) is 2.92. The van der Waals surface area contributed by atoms with E-state index in [0.29, 0.717) is 5.75 Å². The topological polar surface area (TPSA) is 35.5 Å². The summed E-state index contributed by atoms with van der Waals surface area (Å²) < 4.78 is 10.8. The molecule has 0 aromatic heterocycles. The maximum Gasteiger partial charge on any atom is 0.337 e. The normalized spacial score (nSPS) is 11.8. The zero-order valence-electron chi connectivity index (χ0n) is 11.5. The Hall–Kier alpha value is -2.13. The number of carbonyl (C=O) groups is 1. The first-order chi connectivity index (χ1) is 9.79. The van der Waals surface area contributed by atoms with Gasteiger partial charge in [0.2, 0.25) is 0 Å². The number of carbonyl (C=O) groups excluding carboxylic acids is 1. The highest BCUT2D eigenvalue weighted by Gasteiger charge is 2.12. The highest BCUT2D eigenvalue weighted by Crippen LogP contribution is 2.20. The summed E-state index contributed by atoms with van der Waals surface area (Å²) in [6.45, 7) is 1.97. The average Bonchev–Trinajstić information content (AvgIpc) is 2.50. The summed E-state index contributed by atoms with van der Waals surface area (Å²) in [5, 5.41) is 0. The van der Waals surface area contributed by atoms with Gasteiger partial charge >= 0.3 is 5.97 Å². The standard InChI is InChI=1S/C17H18O3/c1-2-16(14-9-5-3-6-10-14)19-13-17(18)20-15-11-7-4-8-12-15/h3-12,16H,2,13H2,1H3. The molecule has 3 nitrogen and oxygen atoms in total. The van der Waals surface area contributed by atoms with E-state index in [1.54, 1.807) is 12.1 Å². The minimum atomic E-state index is -0.384. The smallest absolute Gasteiger partial charge is 0.337 e. The average molecular weight is 270 g/mol. The van der Waals surface area contributed by atoms with Gasteiger partial charge in [0.15, 0.2) is 0 Å². The maximum atomic E-state index is 11.7. The van der Waals surface area contributed by atoms with Crippen LogP contribution in [0.15, 0.2) is 60.7 Å². The van der Waals surface area contributed by atoms with Crippen molar-refractivity contribution in [3.8, 4) is 5.75 Å². The molecule has 0 N–H and O–H groups in total. The predicted molar refractivity (Wildman–Crippen MR) is 77.5 cm³/mol. The monoisotopic (exact) mass is 270 g/mol. The molecular formula is C17H18O3. The van der Waals surface area contributed by atoms with E-state index in [2.05, 4.69) is 0 Å². The van der Waals surface area contributed by atoms with Crippen molar-refractivity contribution in [2.45, 2.75) is 19.4 Å². The fraction of sp³-hybridized carbons (Fsp3) is 0.235. The molecule has 0 radical (unpaired) electrons. The fourth-order valence-corrected chi connectivity index (χ4v) is 1.94. The molecule has 0 aliphatic carbocycles. The van der Waals surface area contributed by atoms with Crippen LogP contribution in [0.25, 0.3) is 0 Å². The van der Waals surface area contributed by atoms with E-state index in [1.165, 1.54) is 0 Å². The van der Waals surface area contributed by atoms with Crippen molar-refractivity contribution in [3.05, 3.63) is 66.2 Å². The van der Waals surface area contributed by atoms with Crippen molar-refractivity contribution in [2.24, 2.45) is 0 Å². The van der Waals surface area contributed by atoms with E-state index in [-0.39, 0.29) is 18.7 Å². The summed E-state index contributed by atoms with van der Waals surface area (Å²) in [5.41, 5.74) is 1.07. The van der Waals surface area contributed by atoms with Gasteiger partial charge in [-0.25, -0.2) is 4.79 Å². The third kappa shape index (κ3) is 4.21. The molecule has 0 heterocycles. The Labute approximate surface area is 119 Å². The van der Waals surface area contributed by atoms with Gasteiger partial charge in [-0.1, -0.05) is 55.5 Å². The Bertz CT molecular complexity index is 522. The van der Waals surface area contributed by atoms with Crippen LogP contribution in [0.1, 0.15) is 25.0 Å². The summed E-state index contributed by atoms with van der Waals surface area (Å²) in [7, 11) is 0. The first-order valence-corrected chi connectivity index (χ1v) is 6.72. The van der Waals surface area contributed by atoms with Crippen LogP contribution in [0, 0.1) is 0 Å². The molecule has 2 rings (SSSR count). The number of ether oxygens (including phenoxy) is 2. The van der Waals surface area contributed by atoms with Gasteiger partial charge in [0.25, 0.3) is 0 Å². The minimum Gasteiger partial charge on any atom is -0.425 e. The van der Waals surface area contributed by atoms with Gasteiger partial charge in [0, 0.05) is 0 Å². The molecule has 0 aliphatic heterocycles. The molecule has 0 saturated heterocycles. The van der Waals surface area contributed by atoms with Crippen LogP contribution in [-0.2, 0) is 9.53 Å². The Morgan fingerprint density at radius 2 is 1.60 bits per heavy atom. The van der Waals surface area contributed by atoms with Crippen molar-refractivity contribution in [2.75, 3.05) is 6.61 Å².